The minimum absolute atomic E-state index is 0.207. The summed E-state index contributed by atoms with van der Waals surface area (Å²) in [5.74, 6) is 1.63. The maximum absolute atomic E-state index is 3.83. The molecule has 2 unspecified atom stereocenters. The average molecular weight is 561 g/mol. The Kier molecular flexibility index (Phi) is 8.93. The van der Waals surface area contributed by atoms with E-state index in [1.54, 1.807) is 20.9 Å². The van der Waals surface area contributed by atoms with E-state index in [2.05, 4.69) is 71.7 Å². The Morgan fingerprint density at radius 3 is 1.52 bits per heavy atom. The first-order chi connectivity index (χ1) is 14.0. The number of fused-ring (bicyclic) bond motifs is 3. The summed E-state index contributed by atoms with van der Waals surface area (Å²) in [5.41, 5.74) is 3.47. The third kappa shape index (κ3) is 5.07. The van der Waals surface area contributed by atoms with Gasteiger partial charge in [-0.25, -0.2) is 0 Å². The van der Waals surface area contributed by atoms with Crippen LogP contribution in [0.4, 0.5) is 0 Å². The van der Waals surface area contributed by atoms with E-state index in [0.29, 0.717) is 0 Å². The van der Waals surface area contributed by atoms with E-state index >= 15 is 0 Å². The fraction of sp³-hybridized carbons (Fsp3) is 0.680. The molecule has 0 aromatic carbocycles. The normalized spacial score (nSPS) is 16.6. The zero-order valence-corrected chi connectivity index (χ0v) is 23.3. The second-order valence-electron chi connectivity index (χ2n) is 8.91. The largest absolute Gasteiger partial charge is 0.127 e. The van der Waals surface area contributed by atoms with Gasteiger partial charge in [0.05, 0.1) is 7.57 Å². The van der Waals surface area contributed by atoms with Crippen molar-refractivity contribution in [1.82, 2.24) is 0 Å². The van der Waals surface area contributed by atoms with Crippen molar-refractivity contribution in [1.29, 1.82) is 0 Å². The Balaban J connectivity index is 2.06. The molecule has 0 amide bonds. The van der Waals surface area contributed by atoms with Gasteiger partial charge in [0, 0.05) is 15.2 Å². The number of thiophene rings is 2. The molecule has 0 spiro atoms. The summed E-state index contributed by atoms with van der Waals surface area (Å²) in [5, 5.41) is 0. The first-order valence-corrected chi connectivity index (χ1v) is 14.8. The van der Waals surface area contributed by atoms with Crippen LogP contribution < -0.4 is 0 Å². The van der Waals surface area contributed by atoms with Crippen LogP contribution in [0.5, 0.6) is 0 Å². The van der Waals surface area contributed by atoms with Gasteiger partial charge in [-0.05, 0) is 79.8 Å². The van der Waals surface area contributed by atoms with Crippen molar-refractivity contribution in [3.8, 4) is 9.75 Å². The quantitative estimate of drug-likeness (QED) is 0.242. The van der Waals surface area contributed by atoms with Crippen molar-refractivity contribution >= 4 is 54.5 Å². The fourth-order valence-corrected chi connectivity index (χ4v) is 8.87. The molecule has 0 bridgehead atoms. The van der Waals surface area contributed by atoms with Crippen molar-refractivity contribution in [3.05, 3.63) is 30.8 Å². The highest BCUT2D eigenvalue weighted by Crippen LogP contribution is 2.62. The molecule has 0 nitrogen and oxygen atoms in total. The predicted molar refractivity (Wildman–Crippen MR) is 140 cm³/mol. The molecule has 2 heterocycles. The van der Waals surface area contributed by atoms with Gasteiger partial charge < -0.3 is 0 Å². The highest BCUT2D eigenvalue weighted by molar-refractivity contribution is 9.11. The van der Waals surface area contributed by atoms with Crippen molar-refractivity contribution < 1.29 is 0 Å². The minimum Gasteiger partial charge on any atom is -0.127 e. The van der Waals surface area contributed by atoms with Crippen LogP contribution in [0.1, 0.15) is 103 Å². The van der Waals surface area contributed by atoms with Gasteiger partial charge in [-0.15, -0.1) is 22.7 Å². The lowest BCUT2D eigenvalue weighted by molar-refractivity contribution is 0.266. The molecule has 0 radical (unpaired) electrons. The molecule has 2 aromatic heterocycles. The van der Waals surface area contributed by atoms with Gasteiger partial charge in [-0.1, -0.05) is 79.1 Å². The lowest BCUT2D eigenvalue weighted by Crippen LogP contribution is -2.31. The molecule has 1 aliphatic rings. The summed E-state index contributed by atoms with van der Waals surface area (Å²) in [4.78, 5) is 3.08. The average Bonchev–Trinajstić information content (AvgIpc) is 3.34. The van der Waals surface area contributed by atoms with Crippen LogP contribution >= 0.6 is 54.5 Å². The summed E-state index contributed by atoms with van der Waals surface area (Å²) in [6.07, 6.45) is 13.3. The maximum atomic E-state index is 3.83. The van der Waals surface area contributed by atoms with E-state index in [4.69, 9.17) is 0 Å². The molecular weight excluding hydrogens is 524 g/mol. The Morgan fingerprint density at radius 2 is 1.17 bits per heavy atom. The minimum atomic E-state index is 0.207. The molecule has 4 heteroatoms. The molecule has 0 fully saturated rings. The standard InChI is InChI=1S/C25H36Br2S2/c1-5-9-11-17(7-3)15-25(16-18(8-4)12-10-6-2)19-13-21(26)28-23(19)24-20(25)14-22(27)29-24/h13-14,17-18H,5-12,15-16H2,1-4H3. The van der Waals surface area contributed by atoms with Crippen molar-refractivity contribution in [3.63, 3.8) is 0 Å². The van der Waals surface area contributed by atoms with Gasteiger partial charge in [0.1, 0.15) is 0 Å². The second kappa shape index (κ2) is 10.8. The van der Waals surface area contributed by atoms with E-state index in [1.807, 2.05) is 22.7 Å². The Labute approximate surface area is 203 Å². The molecular formula is C25H36Br2S2. The van der Waals surface area contributed by atoms with Gasteiger partial charge >= 0.3 is 0 Å². The molecule has 0 saturated carbocycles. The molecule has 29 heavy (non-hydrogen) atoms. The number of hydrogen-bond acceptors (Lipinski definition) is 2. The number of hydrogen-bond donors (Lipinski definition) is 0. The van der Waals surface area contributed by atoms with Gasteiger partial charge in [0.15, 0.2) is 0 Å². The van der Waals surface area contributed by atoms with E-state index < -0.39 is 0 Å². The smallest absolute Gasteiger partial charge is 0.0708 e. The molecule has 1 aliphatic carbocycles. The maximum Gasteiger partial charge on any atom is 0.0708 e. The van der Waals surface area contributed by atoms with Crippen LogP contribution in [-0.2, 0) is 5.41 Å². The zero-order valence-electron chi connectivity index (χ0n) is 18.5. The molecule has 2 aromatic rings. The van der Waals surface area contributed by atoms with Gasteiger partial charge in [-0.3, -0.25) is 0 Å². The first-order valence-electron chi connectivity index (χ1n) is 11.6. The highest BCUT2D eigenvalue weighted by atomic mass is 79.9. The highest BCUT2D eigenvalue weighted by Gasteiger charge is 2.47. The Morgan fingerprint density at radius 1 is 0.759 bits per heavy atom. The number of rotatable bonds is 12. The lowest BCUT2D eigenvalue weighted by atomic mass is 9.66. The van der Waals surface area contributed by atoms with E-state index in [1.165, 1.54) is 71.8 Å². The molecule has 0 saturated heterocycles. The van der Waals surface area contributed by atoms with E-state index in [0.717, 1.165) is 11.8 Å². The van der Waals surface area contributed by atoms with Crippen LogP contribution in [0.2, 0.25) is 0 Å². The number of unbranched alkanes of at least 4 members (excludes halogenated alkanes) is 2. The molecule has 0 N–H and O–H groups in total. The summed E-state index contributed by atoms with van der Waals surface area (Å²) >= 11 is 11.6. The van der Waals surface area contributed by atoms with Crippen LogP contribution in [0.25, 0.3) is 9.75 Å². The zero-order chi connectivity index (χ0) is 21.0. The fourth-order valence-electron chi connectivity index (χ4n) is 5.31. The van der Waals surface area contributed by atoms with Gasteiger partial charge in [-0.2, -0.15) is 0 Å². The van der Waals surface area contributed by atoms with Crippen molar-refractivity contribution in [2.45, 2.75) is 97.3 Å². The molecule has 0 aliphatic heterocycles. The first kappa shape index (κ1) is 24.0. The summed E-state index contributed by atoms with van der Waals surface area (Å²) in [6, 6.07) is 4.94. The monoisotopic (exact) mass is 558 g/mol. The summed E-state index contributed by atoms with van der Waals surface area (Å²) in [7, 11) is 0. The Hall–Kier alpha value is 0.360. The molecule has 162 valence electrons. The van der Waals surface area contributed by atoms with Crippen LogP contribution in [0.15, 0.2) is 19.7 Å². The predicted octanol–water partition coefficient (Wildman–Crippen LogP) is 10.8. The van der Waals surface area contributed by atoms with Crippen LogP contribution in [-0.4, -0.2) is 0 Å². The van der Waals surface area contributed by atoms with E-state index in [9.17, 15) is 0 Å². The number of halogens is 2. The molecule has 2 atom stereocenters. The van der Waals surface area contributed by atoms with E-state index in [-0.39, 0.29) is 5.41 Å². The SMILES string of the molecule is CCCCC(CC)CC1(CC(CC)CCCC)c2cc(Br)sc2-c2sc(Br)cc21. The van der Waals surface area contributed by atoms with Crippen LogP contribution in [0.3, 0.4) is 0 Å². The molecule has 3 rings (SSSR count). The van der Waals surface area contributed by atoms with Crippen molar-refractivity contribution in [2.75, 3.05) is 0 Å². The second-order valence-corrected chi connectivity index (χ2v) is 13.8. The summed E-state index contributed by atoms with van der Waals surface area (Å²) < 4.78 is 2.59. The van der Waals surface area contributed by atoms with Gasteiger partial charge in [0.2, 0.25) is 0 Å². The topological polar surface area (TPSA) is 0 Å². The van der Waals surface area contributed by atoms with Crippen molar-refractivity contribution in [2.24, 2.45) is 11.8 Å². The lowest BCUT2D eigenvalue weighted by Gasteiger charge is -2.37. The third-order valence-electron chi connectivity index (χ3n) is 7.00. The Bertz CT molecular complexity index is 723. The van der Waals surface area contributed by atoms with Crippen LogP contribution in [0, 0.1) is 11.8 Å². The summed E-state index contributed by atoms with van der Waals surface area (Å²) in [6.45, 7) is 9.48. The third-order valence-corrected chi connectivity index (χ3v) is 10.4. The van der Waals surface area contributed by atoms with Gasteiger partial charge in [0.25, 0.3) is 0 Å².